The molecule has 3 amide bonds. The van der Waals surface area contributed by atoms with Gasteiger partial charge in [0.2, 0.25) is 0 Å². The monoisotopic (exact) mass is 449 g/mol. The van der Waals surface area contributed by atoms with Crippen molar-refractivity contribution in [3.63, 3.8) is 0 Å². The summed E-state index contributed by atoms with van der Waals surface area (Å²) in [6.45, 7) is -0.336. The number of fused-ring (bicyclic) bond motifs is 1. The molecule has 11 heteroatoms. The molecule has 31 heavy (non-hydrogen) atoms. The van der Waals surface area contributed by atoms with Crippen molar-refractivity contribution >= 4 is 35.2 Å². The fraction of sp³-hybridized carbons (Fsp3) is 0.250. The van der Waals surface area contributed by atoms with Crippen LogP contribution in [0.15, 0.2) is 36.4 Å². The molecule has 0 aromatic heterocycles. The SMILES string of the molecule is COc1cc(N)c(Cl)cc1C(=O)OCC(=O)NC(=O)NCC1COc2ccccc2O1. The molecular weight excluding hydrogens is 430 g/mol. The summed E-state index contributed by atoms with van der Waals surface area (Å²) in [5.41, 5.74) is 5.88. The number of carbonyl (C=O) groups is 3. The minimum Gasteiger partial charge on any atom is -0.496 e. The fourth-order valence-electron chi connectivity index (χ4n) is 2.68. The van der Waals surface area contributed by atoms with Crippen molar-refractivity contribution in [3.05, 3.63) is 47.0 Å². The number of urea groups is 1. The number of benzene rings is 2. The standard InChI is InChI=1S/C20H20ClN3O7/c1-28-17-7-14(22)13(21)6-12(17)19(26)30-10-18(25)24-20(27)23-8-11-9-29-15-4-2-3-5-16(15)31-11/h2-7,11H,8-10,22H2,1H3,(H2,23,24,25,27). The maximum absolute atomic E-state index is 12.2. The van der Waals surface area contributed by atoms with Gasteiger partial charge in [0.15, 0.2) is 24.2 Å². The molecule has 4 N–H and O–H groups in total. The van der Waals surface area contributed by atoms with E-state index in [4.69, 9.17) is 36.3 Å². The highest BCUT2D eigenvalue weighted by Gasteiger charge is 2.22. The smallest absolute Gasteiger partial charge is 0.342 e. The number of para-hydroxylation sites is 2. The van der Waals surface area contributed by atoms with Crippen LogP contribution in [0.4, 0.5) is 10.5 Å². The Bertz CT molecular complexity index is 999. The molecule has 164 valence electrons. The lowest BCUT2D eigenvalue weighted by Crippen LogP contribution is -2.46. The van der Waals surface area contributed by atoms with Gasteiger partial charge in [0.1, 0.15) is 17.9 Å². The van der Waals surface area contributed by atoms with Crippen molar-refractivity contribution in [2.75, 3.05) is 32.6 Å². The molecule has 1 unspecified atom stereocenters. The second kappa shape index (κ2) is 9.90. The molecule has 0 fully saturated rings. The summed E-state index contributed by atoms with van der Waals surface area (Å²) in [5, 5.41) is 4.68. The predicted molar refractivity (Wildman–Crippen MR) is 111 cm³/mol. The molecule has 0 saturated heterocycles. The average molecular weight is 450 g/mol. The molecule has 0 radical (unpaired) electrons. The van der Waals surface area contributed by atoms with Crippen LogP contribution in [0.2, 0.25) is 5.02 Å². The first-order chi connectivity index (χ1) is 14.9. The van der Waals surface area contributed by atoms with E-state index in [9.17, 15) is 14.4 Å². The van der Waals surface area contributed by atoms with Crippen LogP contribution in [-0.4, -0.2) is 50.9 Å². The molecule has 1 heterocycles. The Morgan fingerprint density at radius 2 is 1.97 bits per heavy atom. The van der Waals surface area contributed by atoms with Gasteiger partial charge in [-0.1, -0.05) is 23.7 Å². The van der Waals surface area contributed by atoms with Gasteiger partial charge >= 0.3 is 12.0 Å². The Morgan fingerprint density at radius 3 is 2.71 bits per heavy atom. The average Bonchev–Trinajstić information content (AvgIpc) is 2.77. The van der Waals surface area contributed by atoms with E-state index >= 15 is 0 Å². The number of esters is 1. The predicted octanol–water partition coefficient (Wildman–Crippen LogP) is 1.75. The third kappa shape index (κ3) is 5.70. The summed E-state index contributed by atoms with van der Waals surface area (Å²) in [5.74, 6) is -0.346. The largest absolute Gasteiger partial charge is 0.496 e. The van der Waals surface area contributed by atoms with Crippen molar-refractivity contribution in [2.45, 2.75) is 6.10 Å². The van der Waals surface area contributed by atoms with E-state index in [2.05, 4.69) is 10.6 Å². The summed E-state index contributed by atoms with van der Waals surface area (Å²) >= 11 is 5.91. The second-order valence-corrected chi connectivity index (χ2v) is 6.81. The van der Waals surface area contributed by atoms with Crippen molar-refractivity contribution in [2.24, 2.45) is 0 Å². The number of imide groups is 1. The normalized spacial score (nSPS) is 14.3. The summed E-state index contributed by atoms with van der Waals surface area (Å²) in [6.07, 6.45) is -0.420. The zero-order chi connectivity index (χ0) is 22.4. The number of halogens is 1. The second-order valence-electron chi connectivity index (χ2n) is 6.41. The quantitative estimate of drug-likeness (QED) is 0.448. The number of nitrogens with one attached hydrogen (secondary N) is 2. The maximum atomic E-state index is 12.2. The van der Waals surface area contributed by atoms with Crippen molar-refractivity contribution in [3.8, 4) is 17.2 Å². The van der Waals surface area contributed by atoms with Gasteiger partial charge < -0.3 is 30.0 Å². The Balaban J connectivity index is 1.43. The van der Waals surface area contributed by atoms with E-state index in [0.29, 0.717) is 11.5 Å². The molecule has 0 spiro atoms. The molecule has 0 bridgehead atoms. The summed E-state index contributed by atoms with van der Waals surface area (Å²) in [7, 11) is 1.34. The number of nitrogens with two attached hydrogens (primary N) is 1. The Hall–Kier alpha value is -3.66. The van der Waals surface area contributed by atoms with Crippen LogP contribution in [0.25, 0.3) is 0 Å². The van der Waals surface area contributed by atoms with Crippen LogP contribution in [0.5, 0.6) is 17.2 Å². The van der Waals surface area contributed by atoms with Crippen LogP contribution < -0.4 is 30.6 Å². The van der Waals surface area contributed by atoms with E-state index in [0.717, 1.165) is 0 Å². The number of hydrogen-bond donors (Lipinski definition) is 3. The number of anilines is 1. The molecule has 1 aliphatic rings. The van der Waals surface area contributed by atoms with Crippen molar-refractivity contribution in [1.82, 2.24) is 10.6 Å². The number of amides is 3. The highest BCUT2D eigenvalue weighted by Crippen LogP contribution is 2.31. The van der Waals surface area contributed by atoms with E-state index in [1.165, 1.54) is 19.2 Å². The van der Waals surface area contributed by atoms with Crippen LogP contribution in [-0.2, 0) is 9.53 Å². The summed E-state index contributed by atoms with van der Waals surface area (Å²) < 4.78 is 21.2. The minimum absolute atomic E-state index is 0.00585. The first-order valence-electron chi connectivity index (χ1n) is 9.13. The van der Waals surface area contributed by atoms with E-state index in [1.54, 1.807) is 18.2 Å². The summed E-state index contributed by atoms with van der Waals surface area (Å²) in [6, 6.07) is 9.03. The first-order valence-corrected chi connectivity index (χ1v) is 9.51. The van der Waals surface area contributed by atoms with Gasteiger partial charge in [-0.05, 0) is 18.2 Å². The minimum atomic E-state index is -0.860. The number of hydrogen-bond acceptors (Lipinski definition) is 8. The topological polar surface area (TPSA) is 138 Å². The van der Waals surface area contributed by atoms with Crippen LogP contribution in [0.3, 0.4) is 0 Å². The third-order valence-electron chi connectivity index (χ3n) is 4.18. The number of ether oxygens (including phenoxy) is 4. The number of methoxy groups -OCH3 is 1. The van der Waals surface area contributed by atoms with Gasteiger partial charge in [-0.3, -0.25) is 10.1 Å². The van der Waals surface area contributed by atoms with Crippen LogP contribution in [0, 0.1) is 0 Å². The lowest BCUT2D eigenvalue weighted by Gasteiger charge is -2.26. The molecule has 1 aliphatic heterocycles. The number of nitrogen functional groups attached to an aromatic ring is 1. The van der Waals surface area contributed by atoms with Crippen molar-refractivity contribution in [1.29, 1.82) is 0 Å². The number of carbonyl (C=O) groups excluding carboxylic acids is 3. The van der Waals surface area contributed by atoms with Gasteiger partial charge in [-0.25, -0.2) is 9.59 Å². The van der Waals surface area contributed by atoms with Crippen LogP contribution >= 0.6 is 11.6 Å². The molecule has 3 rings (SSSR count). The van der Waals surface area contributed by atoms with Gasteiger partial charge in [0.25, 0.3) is 5.91 Å². The zero-order valence-corrected chi connectivity index (χ0v) is 17.2. The van der Waals surface area contributed by atoms with E-state index in [-0.39, 0.29) is 35.2 Å². The summed E-state index contributed by atoms with van der Waals surface area (Å²) in [4.78, 5) is 36.0. The lowest BCUT2D eigenvalue weighted by molar-refractivity contribution is -0.123. The molecule has 10 nitrogen and oxygen atoms in total. The Labute approximate surface area is 182 Å². The highest BCUT2D eigenvalue weighted by atomic mass is 35.5. The number of rotatable bonds is 6. The zero-order valence-electron chi connectivity index (χ0n) is 16.5. The molecular formula is C20H20ClN3O7. The van der Waals surface area contributed by atoms with Gasteiger partial charge in [-0.2, -0.15) is 0 Å². The van der Waals surface area contributed by atoms with Gasteiger partial charge in [-0.15, -0.1) is 0 Å². The molecule has 2 aromatic rings. The molecule has 1 atom stereocenters. The molecule has 0 saturated carbocycles. The fourth-order valence-corrected chi connectivity index (χ4v) is 2.85. The Morgan fingerprint density at radius 1 is 1.23 bits per heavy atom. The third-order valence-corrected chi connectivity index (χ3v) is 4.51. The van der Waals surface area contributed by atoms with E-state index in [1.807, 2.05) is 6.07 Å². The maximum Gasteiger partial charge on any atom is 0.342 e. The van der Waals surface area contributed by atoms with Gasteiger partial charge in [0, 0.05) is 6.07 Å². The van der Waals surface area contributed by atoms with Crippen LogP contribution in [0.1, 0.15) is 10.4 Å². The molecule has 0 aliphatic carbocycles. The first kappa shape index (κ1) is 22.0. The Kier molecular flexibility index (Phi) is 7.03. The lowest BCUT2D eigenvalue weighted by atomic mass is 10.2. The van der Waals surface area contributed by atoms with Crippen molar-refractivity contribution < 1.29 is 33.3 Å². The highest BCUT2D eigenvalue weighted by molar-refractivity contribution is 6.33. The van der Waals surface area contributed by atoms with E-state index < -0.39 is 30.6 Å². The molecule has 2 aromatic carbocycles. The van der Waals surface area contributed by atoms with Gasteiger partial charge in [0.05, 0.1) is 24.4 Å².